The molecule has 5 nitrogen and oxygen atoms in total. The molecule has 0 fully saturated rings. The Morgan fingerprint density at radius 1 is 1.50 bits per heavy atom. The Kier molecular flexibility index (Phi) is 3.87. The van der Waals surface area contributed by atoms with E-state index in [4.69, 9.17) is 15.6 Å². The first-order chi connectivity index (χ1) is 7.47. The lowest BCUT2D eigenvalue weighted by Crippen LogP contribution is -2.36. The van der Waals surface area contributed by atoms with Gasteiger partial charge >= 0.3 is 5.97 Å². The van der Waals surface area contributed by atoms with Crippen LogP contribution in [0.3, 0.4) is 0 Å². The maximum atomic E-state index is 10.7. The summed E-state index contributed by atoms with van der Waals surface area (Å²) in [5, 5.41) is 18.5. The Morgan fingerprint density at radius 3 is 2.62 bits per heavy atom. The van der Waals surface area contributed by atoms with E-state index in [1.807, 2.05) is 6.92 Å². The first-order valence-electron chi connectivity index (χ1n) is 4.78. The van der Waals surface area contributed by atoms with Crippen molar-refractivity contribution < 1.29 is 19.7 Å². The van der Waals surface area contributed by atoms with Crippen LogP contribution in [0.1, 0.15) is 17.2 Å². The Labute approximate surface area is 93.5 Å². The molecule has 2 atom stereocenters. The molecular weight excluding hydrogens is 210 g/mol. The molecule has 0 radical (unpaired) electrons. The first-order valence-corrected chi connectivity index (χ1v) is 4.78. The molecule has 5 heteroatoms. The number of carbonyl (C=O) groups is 1. The maximum Gasteiger partial charge on any atom is 0.323 e. The van der Waals surface area contributed by atoms with E-state index in [2.05, 4.69) is 0 Å². The zero-order chi connectivity index (χ0) is 12.3. The summed E-state index contributed by atoms with van der Waals surface area (Å²) in [6.07, 6.45) is -1.28. The molecule has 0 spiro atoms. The minimum absolute atomic E-state index is 0.378. The molecule has 4 N–H and O–H groups in total. The van der Waals surface area contributed by atoms with Gasteiger partial charge in [-0.05, 0) is 18.6 Å². The minimum atomic E-state index is -1.36. The van der Waals surface area contributed by atoms with Crippen molar-refractivity contribution in [3.8, 4) is 5.75 Å². The molecule has 0 amide bonds. The van der Waals surface area contributed by atoms with E-state index in [1.165, 1.54) is 7.11 Å². The van der Waals surface area contributed by atoms with Gasteiger partial charge in [-0.1, -0.05) is 12.1 Å². The van der Waals surface area contributed by atoms with E-state index in [-0.39, 0.29) is 0 Å². The van der Waals surface area contributed by atoms with Crippen LogP contribution in [0.2, 0.25) is 0 Å². The number of methoxy groups -OCH3 is 1. The third kappa shape index (κ3) is 2.50. The summed E-state index contributed by atoms with van der Waals surface area (Å²) >= 11 is 0. The second-order valence-electron chi connectivity index (χ2n) is 3.55. The van der Waals surface area contributed by atoms with Gasteiger partial charge in [0.2, 0.25) is 0 Å². The molecule has 2 unspecified atom stereocenters. The average Bonchev–Trinajstić information content (AvgIpc) is 2.26. The zero-order valence-electron chi connectivity index (χ0n) is 9.18. The summed E-state index contributed by atoms with van der Waals surface area (Å²) in [7, 11) is 1.46. The van der Waals surface area contributed by atoms with Crippen LogP contribution in [0.4, 0.5) is 0 Å². The summed E-state index contributed by atoms with van der Waals surface area (Å²) < 4.78 is 5.07. The van der Waals surface area contributed by atoms with Gasteiger partial charge in [0, 0.05) is 5.56 Å². The lowest BCUT2D eigenvalue weighted by Gasteiger charge is -2.18. The lowest BCUT2D eigenvalue weighted by molar-refractivity contribution is -0.141. The minimum Gasteiger partial charge on any atom is -0.496 e. The molecule has 0 saturated carbocycles. The van der Waals surface area contributed by atoms with Crippen molar-refractivity contribution in [1.29, 1.82) is 0 Å². The van der Waals surface area contributed by atoms with E-state index in [0.29, 0.717) is 11.3 Å². The van der Waals surface area contributed by atoms with Crippen LogP contribution in [0, 0.1) is 6.92 Å². The van der Waals surface area contributed by atoms with Gasteiger partial charge in [0.25, 0.3) is 0 Å². The topological polar surface area (TPSA) is 92.8 Å². The lowest BCUT2D eigenvalue weighted by atomic mass is 10.0. The van der Waals surface area contributed by atoms with Crippen LogP contribution in [0.25, 0.3) is 0 Å². The van der Waals surface area contributed by atoms with Gasteiger partial charge in [-0.3, -0.25) is 4.79 Å². The smallest absolute Gasteiger partial charge is 0.323 e. The van der Waals surface area contributed by atoms with Gasteiger partial charge < -0.3 is 20.7 Å². The number of rotatable bonds is 4. The fourth-order valence-electron chi connectivity index (χ4n) is 1.39. The van der Waals surface area contributed by atoms with E-state index < -0.39 is 18.1 Å². The number of aryl methyl sites for hydroxylation is 1. The number of aliphatic hydroxyl groups excluding tert-OH is 1. The van der Waals surface area contributed by atoms with Crippen molar-refractivity contribution in [3.05, 3.63) is 29.3 Å². The van der Waals surface area contributed by atoms with Crippen molar-refractivity contribution in [1.82, 2.24) is 0 Å². The van der Waals surface area contributed by atoms with Crippen molar-refractivity contribution in [2.24, 2.45) is 5.73 Å². The molecule has 0 aromatic heterocycles. The normalized spacial score (nSPS) is 14.2. The number of aliphatic hydroxyl groups is 1. The third-order valence-electron chi connectivity index (χ3n) is 2.33. The van der Waals surface area contributed by atoms with E-state index >= 15 is 0 Å². The highest BCUT2D eigenvalue weighted by molar-refractivity contribution is 5.74. The molecule has 0 saturated heterocycles. The maximum absolute atomic E-state index is 10.7. The van der Waals surface area contributed by atoms with Gasteiger partial charge in [-0.15, -0.1) is 0 Å². The highest BCUT2D eigenvalue weighted by Crippen LogP contribution is 2.27. The fourth-order valence-corrected chi connectivity index (χ4v) is 1.39. The molecule has 0 aliphatic carbocycles. The Hall–Kier alpha value is -1.59. The quantitative estimate of drug-likeness (QED) is 0.691. The first kappa shape index (κ1) is 12.5. The number of benzene rings is 1. The monoisotopic (exact) mass is 225 g/mol. The average molecular weight is 225 g/mol. The Balaban J connectivity index is 3.07. The van der Waals surface area contributed by atoms with Crippen molar-refractivity contribution >= 4 is 5.97 Å². The summed E-state index contributed by atoms with van der Waals surface area (Å²) in [6, 6.07) is 3.72. The molecular formula is C11H15NO4. The van der Waals surface area contributed by atoms with Gasteiger partial charge in [-0.25, -0.2) is 0 Å². The zero-order valence-corrected chi connectivity index (χ0v) is 9.18. The summed E-state index contributed by atoms with van der Waals surface area (Å²) in [5.74, 6) is -0.820. The number of aliphatic carboxylic acids is 1. The van der Waals surface area contributed by atoms with Crippen LogP contribution in [-0.4, -0.2) is 29.3 Å². The summed E-state index contributed by atoms with van der Waals surface area (Å²) in [4.78, 5) is 10.7. The molecule has 0 heterocycles. The number of ether oxygens (including phenoxy) is 1. The van der Waals surface area contributed by atoms with Crippen molar-refractivity contribution in [2.45, 2.75) is 19.1 Å². The molecule has 1 rings (SSSR count). The number of hydrogen-bond acceptors (Lipinski definition) is 4. The Bertz CT molecular complexity index is 392. The van der Waals surface area contributed by atoms with Gasteiger partial charge in [-0.2, -0.15) is 0 Å². The van der Waals surface area contributed by atoms with E-state index in [0.717, 1.165) is 5.56 Å². The largest absolute Gasteiger partial charge is 0.496 e. The van der Waals surface area contributed by atoms with Crippen LogP contribution in [0.5, 0.6) is 5.75 Å². The third-order valence-corrected chi connectivity index (χ3v) is 2.33. The number of hydrogen-bond donors (Lipinski definition) is 3. The van der Waals surface area contributed by atoms with Gasteiger partial charge in [0.1, 0.15) is 17.9 Å². The van der Waals surface area contributed by atoms with Gasteiger partial charge in [0.15, 0.2) is 0 Å². The van der Waals surface area contributed by atoms with Crippen molar-refractivity contribution in [3.63, 3.8) is 0 Å². The molecule has 0 bridgehead atoms. The molecule has 1 aromatic carbocycles. The van der Waals surface area contributed by atoms with Gasteiger partial charge in [0.05, 0.1) is 7.11 Å². The number of carboxylic acid groups (broad SMARTS) is 1. The predicted molar refractivity (Wildman–Crippen MR) is 58.3 cm³/mol. The van der Waals surface area contributed by atoms with E-state index in [9.17, 15) is 9.90 Å². The van der Waals surface area contributed by atoms with Crippen LogP contribution < -0.4 is 10.5 Å². The van der Waals surface area contributed by atoms with Crippen molar-refractivity contribution in [2.75, 3.05) is 7.11 Å². The van der Waals surface area contributed by atoms with Crippen LogP contribution in [0.15, 0.2) is 18.2 Å². The molecule has 88 valence electrons. The second-order valence-corrected chi connectivity index (χ2v) is 3.55. The number of carboxylic acids is 1. The Morgan fingerprint density at radius 2 is 2.12 bits per heavy atom. The fraction of sp³-hybridized carbons (Fsp3) is 0.364. The SMILES string of the molecule is COc1cc(C)ccc1C(O)C(N)C(=O)O. The summed E-state index contributed by atoms with van der Waals surface area (Å²) in [6.45, 7) is 1.87. The molecule has 0 aliphatic heterocycles. The highest BCUT2D eigenvalue weighted by Gasteiger charge is 2.25. The molecule has 16 heavy (non-hydrogen) atoms. The summed E-state index contributed by atoms with van der Waals surface area (Å²) in [5.41, 5.74) is 6.68. The van der Waals surface area contributed by atoms with Crippen LogP contribution >= 0.6 is 0 Å². The second kappa shape index (κ2) is 4.96. The molecule has 0 aliphatic rings. The van der Waals surface area contributed by atoms with Crippen LogP contribution in [-0.2, 0) is 4.79 Å². The number of nitrogens with two attached hydrogens (primary N) is 1. The van der Waals surface area contributed by atoms with E-state index in [1.54, 1.807) is 18.2 Å². The predicted octanol–water partition coefficient (Wildman–Crippen LogP) is 0.449. The standard InChI is InChI=1S/C11H15NO4/c1-6-3-4-7(8(5-6)16-2)10(13)9(12)11(14)15/h3-5,9-10,13H,12H2,1-2H3,(H,14,15). The molecule has 1 aromatic rings. The highest BCUT2D eigenvalue weighted by atomic mass is 16.5.